The standard InChI is InChI=1S/C24H21Cl2FN4O4S/c25-17-9-15(27)2-3-19(17)36(34,35)16-10-18(21(32)30-23(13-28)5-6-23)31(12-16)22(33)24(7-8-24)14-1-4-20(26)29-11-14/h1-4,9,11,16,18H,5-8,10,12H2,(H,30,32)/t16-,18+/m1/s1. The van der Waals surface area contributed by atoms with Crippen molar-refractivity contribution in [2.75, 3.05) is 6.54 Å². The number of sulfone groups is 1. The first-order chi connectivity index (χ1) is 17.0. The summed E-state index contributed by atoms with van der Waals surface area (Å²) in [5, 5.41) is 11.0. The molecule has 3 aliphatic rings. The highest BCUT2D eigenvalue weighted by Gasteiger charge is 2.58. The van der Waals surface area contributed by atoms with Crippen LogP contribution in [0.25, 0.3) is 0 Å². The Labute approximate surface area is 217 Å². The molecular weight excluding hydrogens is 530 g/mol. The van der Waals surface area contributed by atoms with Crippen LogP contribution in [0.2, 0.25) is 10.2 Å². The average Bonchev–Trinajstić information content (AvgIpc) is 3.75. The zero-order chi connectivity index (χ0) is 25.9. The Morgan fingerprint density at radius 3 is 2.44 bits per heavy atom. The summed E-state index contributed by atoms with van der Waals surface area (Å²) in [6, 6.07) is 7.25. The fourth-order valence-corrected chi connectivity index (χ4v) is 7.12. The molecule has 1 aromatic heterocycles. The van der Waals surface area contributed by atoms with Crippen molar-refractivity contribution in [3.63, 3.8) is 0 Å². The van der Waals surface area contributed by atoms with Crippen LogP contribution >= 0.6 is 23.2 Å². The number of aromatic nitrogens is 1. The van der Waals surface area contributed by atoms with E-state index in [2.05, 4.69) is 16.4 Å². The van der Waals surface area contributed by atoms with Gasteiger partial charge in [-0.05, 0) is 61.9 Å². The highest BCUT2D eigenvalue weighted by molar-refractivity contribution is 7.92. The lowest BCUT2D eigenvalue weighted by Crippen LogP contribution is -2.51. The maximum absolute atomic E-state index is 13.9. The van der Waals surface area contributed by atoms with Crippen LogP contribution in [0.1, 0.15) is 37.7 Å². The number of benzene rings is 1. The Morgan fingerprint density at radius 2 is 1.89 bits per heavy atom. The normalized spacial score (nSPS) is 23.6. The predicted molar refractivity (Wildman–Crippen MR) is 128 cm³/mol. The molecule has 1 aliphatic heterocycles. The van der Waals surface area contributed by atoms with Crippen molar-refractivity contribution in [1.82, 2.24) is 15.2 Å². The zero-order valence-corrected chi connectivity index (χ0v) is 21.2. The minimum atomic E-state index is -4.12. The smallest absolute Gasteiger partial charge is 0.244 e. The quantitative estimate of drug-likeness (QED) is 0.435. The maximum atomic E-state index is 13.9. The van der Waals surface area contributed by atoms with E-state index >= 15 is 0 Å². The molecule has 1 N–H and O–H groups in total. The van der Waals surface area contributed by atoms with Crippen molar-refractivity contribution >= 4 is 44.9 Å². The Kier molecular flexibility index (Phi) is 6.01. The number of carbonyl (C=O) groups is 2. The number of rotatable bonds is 6. The molecule has 2 atom stereocenters. The van der Waals surface area contributed by atoms with Gasteiger partial charge in [-0.25, -0.2) is 17.8 Å². The van der Waals surface area contributed by atoms with E-state index in [1.54, 1.807) is 12.1 Å². The molecule has 8 nitrogen and oxygen atoms in total. The molecule has 2 amide bonds. The highest BCUT2D eigenvalue weighted by Crippen LogP contribution is 2.51. The molecule has 188 valence electrons. The van der Waals surface area contributed by atoms with Gasteiger partial charge in [0.05, 0.1) is 26.7 Å². The number of hydrogen-bond donors (Lipinski definition) is 1. The molecule has 3 fully saturated rings. The molecule has 2 heterocycles. The minimum Gasteiger partial charge on any atom is -0.336 e. The van der Waals surface area contributed by atoms with Crippen molar-refractivity contribution in [3.8, 4) is 6.07 Å². The van der Waals surface area contributed by atoms with Crippen LogP contribution in [-0.2, 0) is 24.8 Å². The van der Waals surface area contributed by atoms with Gasteiger partial charge in [0.2, 0.25) is 11.8 Å². The molecule has 2 aliphatic carbocycles. The van der Waals surface area contributed by atoms with E-state index in [1.807, 2.05) is 0 Å². The van der Waals surface area contributed by atoms with Gasteiger partial charge in [0.1, 0.15) is 22.6 Å². The van der Waals surface area contributed by atoms with Crippen molar-refractivity contribution in [2.45, 2.75) is 59.2 Å². The molecule has 0 bridgehead atoms. The highest BCUT2D eigenvalue weighted by atomic mass is 35.5. The first-order valence-electron chi connectivity index (χ1n) is 11.4. The van der Waals surface area contributed by atoms with Crippen molar-refractivity contribution in [2.24, 2.45) is 0 Å². The van der Waals surface area contributed by atoms with E-state index in [-0.39, 0.29) is 33.9 Å². The predicted octanol–water partition coefficient (Wildman–Crippen LogP) is 3.17. The van der Waals surface area contributed by atoms with Crippen molar-refractivity contribution < 1.29 is 22.4 Å². The lowest BCUT2D eigenvalue weighted by atomic mass is 9.95. The lowest BCUT2D eigenvalue weighted by molar-refractivity contribution is -0.140. The van der Waals surface area contributed by atoms with Gasteiger partial charge in [0, 0.05) is 12.7 Å². The third-order valence-corrected chi connectivity index (χ3v) is 10.1. The van der Waals surface area contributed by atoms with E-state index in [0.717, 1.165) is 18.2 Å². The number of hydrogen-bond acceptors (Lipinski definition) is 6. The molecule has 0 radical (unpaired) electrons. The summed E-state index contributed by atoms with van der Waals surface area (Å²) in [7, 11) is -4.12. The van der Waals surface area contributed by atoms with Crippen LogP contribution in [0.3, 0.4) is 0 Å². The number of nitrogens with one attached hydrogen (secondary N) is 1. The SMILES string of the molecule is N#CC1(NC(=O)[C@@H]2C[C@@H](S(=O)(=O)c3ccc(F)cc3Cl)CN2C(=O)C2(c3ccc(Cl)nc3)CC2)CC1. The van der Waals surface area contributed by atoms with Crippen molar-refractivity contribution in [3.05, 3.63) is 58.1 Å². The Bertz CT molecular complexity index is 1400. The Balaban J connectivity index is 1.48. The molecule has 1 saturated heterocycles. The summed E-state index contributed by atoms with van der Waals surface area (Å²) in [6.07, 6.45) is 3.35. The fraction of sp³-hybridized carbons (Fsp3) is 0.417. The summed E-state index contributed by atoms with van der Waals surface area (Å²) in [4.78, 5) is 32.2. The summed E-state index contributed by atoms with van der Waals surface area (Å²) in [5.41, 5.74) is -1.27. The van der Waals surface area contributed by atoms with Gasteiger partial charge in [-0.15, -0.1) is 0 Å². The molecule has 2 aromatic rings. The summed E-state index contributed by atoms with van der Waals surface area (Å²) in [5.74, 6) is -1.63. The number of carbonyl (C=O) groups excluding carboxylic acids is 2. The minimum absolute atomic E-state index is 0.177. The van der Waals surface area contributed by atoms with Gasteiger partial charge in [-0.2, -0.15) is 5.26 Å². The number of likely N-dealkylation sites (tertiary alicyclic amines) is 1. The third-order valence-electron chi connectivity index (χ3n) is 7.23. The number of pyridine rings is 1. The Hall–Kier alpha value is -2.74. The van der Waals surface area contributed by atoms with E-state index in [4.69, 9.17) is 23.2 Å². The van der Waals surface area contributed by atoms with Crippen LogP contribution in [0.4, 0.5) is 4.39 Å². The molecule has 5 rings (SSSR count). The van der Waals surface area contributed by atoms with Crippen molar-refractivity contribution in [1.29, 1.82) is 5.26 Å². The average molecular weight is 551 g/mol. The zero-order valence-electron chi connectivity index (χ0n) is 18.9. The number of halogens is 3. The first kappa shape index (κ1) is 24.9. The first-order valence-corrected chi connectivity index (χ1v) is 13.7. The third kappa shape index (κ3) is 4.23. The van der Waals surface area contributed by atoms with Crippen LogP contribution in [-0.4, -0.2) is 53.5 Å². The van der Waals surface area contributed by atoms with E-state index < -0.39 is 43.8 Å². The largest absolute Gasteiger partial charge is 0.336 e. The van der Waals surface area contributed by atoms with E-state index in [0.29, 0.717) is 31.2 Å². The molecule has 12 heteroatoms. The fourth-order valence-electron chi connectivity index (χ4n) is 4.77. The molecule has 36 heavy (non-hydrogen) atoms. The van der Waals surface area contributed by atoms with E-state index in [1.165, 1.54) is 11.1 Å². The van der Waals surface area contributed by atoms with E-state index in [9.17, 15) is 27.7 Å². The molecule has 0 unspecified atom stereocenters. The molecule has 0 spiro atoms. The van der Waals surface area contributed by atoms with Crippen LogP contribution < -0.4 is 5.32 Å². The molecule has 1 aromatic carbocycles. The van der Waals surface area contributed by atoms with Gasteiger partial charge in [-0.1, -0.05) is 29.3 Å². The van der Waals surface area contributed by atoms with Gasteiger partial charge >= 0.3 is 0 Å². The molecular formula is C24H21Cl2FN4O4S. The number of amides is 2. The second-order valence-electron chi connectivity index (χ2n) is 9.59. The summed E-state index contributed by atoms with van der Waals surface area (Å²) < 4.78 is 40.5. The molecule has 2 saturated carbocycles. The van der Waals surface area contributed by atoms with Crippen LogP contribution in [0, 0.1) is 17.1 Å². The second kappa shape index (κ2) is 8.68. The van der Waals surface area contributed by atoms with Gasteiger partial charge in [0.15, 0.2) is 9.84 Å². The monoisotopic (exact) mass is 550 g/mol. The number of nitriles is 1. The maximum Gasteiger partial charge on any atom is 0.244 e. The van der Waals surface area contributed by atoms with Crippen LogP contribution in [0.5, 0.6) is 0 Å². The second-order valence-corrected chi connectivity index (χ2v) is 12.6. The summed E-state index contributed by atoms with van der Waals surface area (Å²) in [6.45, 7) is -0.241. The lowest BCUT2D eigenvalue weighted by Gasteiger charge is -2.29. The van der Waals surface area contributed by atoms with Gasteiger partial charge in [-0.3, -0.25) is 9.59 Å². The summed E-state index contributed by atoms with van der Waals surface area (Å²) >= 11 is 11.9. The Morgan fingerprint density at radius 1 is 1.17 bits per heavy atom. The topological polar surface area (TPSA) is 120 Å². The van der Waals surface area contributed by atoms with Gasteiger partial charge < -0.3 is 10.2 Å². The van der Waals surface area contributed by atoms with Crippen LogP contribution in [0.15, 0.2) is 41.4 Å². The number of nitrogens with zero attached hydrogens (tertiary/aromatic N) is 3. The van der Waals surface area contributed by atoms with Gasteiger partial charge in [0.25, 0.3) is 0 Å².